The predicted octanol–water partition coefficient (Wildman–Crippen LogP) is 3.34. The Morgan fingerprint density at radius 2 is 2.00 bits per heavy atom. The summed E-state index contributed by atoms with van der Waals surface area (Å²) >= 11 is 0. The van der Waals surface area contributed by atoms with Crippen LogP contribution in [0, 0.1) is 18.6 Å². The fraction of sp³-hybridized carbons (Fsp3) is 0.154. The van der Waals surface area contributed by atoms with E-state index < -0.39 is 11.6 Å². The second-order valence-electron chi connectivity index (χ2n) is 3.64. The van der Waals surface area contributed by atoms with Crippen molar-refractivity contribution >= 4 is 0 Å². The minimum atomic E-state index is -0.897. The lowest BCUT2D eigenvalue weighted by Gasteiger charge is -2.07. The summed E-state index contributed by atoms with van der Waals surface area (Å²) in [4.78, 5) is 4.07. The van der Waals surface area contributed by atoms with Crippen LogP contribution in [0.4, 0.5) is 8.78 Å². The molecule has 0 spiro atoms. The number of benzene rings is 1. The Hall–Kier alpha value is -1.97. The SMILES string of the molecule is COc1cc(-c2cccc(F)c2F)ncc1C. The zero-order valence-electron chi connectivity index (χ0n) is 9.50. The van der Waals surface area contributed by atoms with Crippen LogP contribution in [0.2, 0.25) is 0 Å². The number of ether oxygens (including phenoxy) is 1. The van der Waals surface area contributed by atoms with Gasteiger partial charge in [-0.1, -0.05) is 6.07 Å². The van der Waals surface area contributed by atoms with Gasteiger partial charge < -0.3 is 4.74 Å². The normalized spacial score (nSPS) is 10.4. The summed E-state index contributed by atoms with van der Waals surface area (Å²) in [6.45, 7) is 1.83. The molecule has 0 saturated carbocycles. The Kier molecular flexibility index (Phi) is 3.04. The highest BCUT2D eigenvalue weighted by Crippen LogP contribution is 2.27. The number of pyridine rings is 1. The van der Waals surface area contributed by atoms with E-state index >= 15 is 0 Å². The quantitative estimate of drug-likeness (QED) is 0.796. The Morgan fingerprint density at radius 1 is 1.24 bits per heavy atom. The zero-order valence-corrected chi connectivity index (χ0v) is 9.50. The van der Waals surface area contributed by atoms with Gasteiger partial charge in [0.25, 0.3) is 0 Å². The number of hydrogen-bond acceptors (Lipinski definition) is 2. The first-order valence-corrected chi connectivity index (χ1v) is 5.08. The smallest absolute Gasteiger partial charge is 0.168 e. The van der Waals surface area contributed by atoms with Crippen LogP contribution >= 0.6 is 0 Å². The monoisotopic (exact) mass is 235 g/mol. The van der Waals surface area contributed by atoms with E-state index in [0.717, 1.165) is 11.6 Å². The van der Waals surface area contributed by atoms with Crippen molar-refractivity contribution in [2.24, 2.45) is 0 Å². The summed E-state index contributed by atoms with van der Waals surface area (Å²) in [6.07, 6.45) is 1.57. The number of aromatic nitrogens is 1. The summed E-state index contributed by atoms with van der Waals surface area (Å²) in [7, 11) is 1.52. The number of halogens is 2. The predicted molar refractivity (Wildman–Crippen MR) is 60.9 cm³/mol. The van der Waals surface area contributed by atoms with Crippen molar-refractivity contribution in [3.05, 3.63) is 47.7 Å². The Balaban J connectivity index is 2.57. The third kappa shape index (κ3) is 2.11. The molecule has 0 N–H and O–H groups in total. The van der Waals surface area contributed by atoms with Crippen molar-refractivity contribution < 1.29 is 13.5 Å². The molecule has 88 valence electrons. The summed E-state index contributed by atoms with van der Waals surface area (Å²) in [5.74, 6) is -1.19. The van der Waals surface area contributed by atoms with Crippen LogP contribution in [0.5, 0.6) is 5.75 Å². The lowest BCUT2D eigenvalue weighted by molar-refractivity contribution is 0.411. The van der Waals surface area contributed by atoms with E-state index in [4.69, 9.17) is 4.74 Å². The van der Waals surface area contributed by atoms with E-state index in [0.29, 0.717) is 11.4 Å². The van der Waals surface area contributed by atoms with Crippen LogP contribution in [-0.4, -0.2) is 12.1 Å². The molecule has 1 aromatic heterocycles. The molecule has 2 nitrogen and oxygen atoms in total. The molecule has 1 aromatic carbocycles. The lowest BCUT2D eigenvalue weighted by atomic mass is 10.1. The molecular formula is C13H11F2NO. The fourth-order valence-corrected chi connectivity index (χ4v) is 1.57. The molecule has 0 aliphatic rings. The first-order chi connectivity index (χ1) is 8.13. The second kappa shape index (κ2) is 4.49. The van der Waals surface area contributed by atoms with Gasteiger partial charge in [0, 0.05) is 23.4 Å². The van der Waals surface area contributed by atoms with Gasteiger partial charge in [0.2, 0.25) is 0 Å². The molecule has 1 heterocycles. The number of nitrogens with zero attached hydrogens (tertiary/aromatic N) is 1. The van der Waals surface area contributed by atoms with E-state index in [1.54, 1.807) is 12.3 Å². The van der Waals surface area contributed by atoms with E-state index in [1.165, 1.54) is 19.2 Å². The van der Waals surface area contributed by atoms with Crippen LogP contribution in [0.25, 0.3) is 11.3 Å². The molecule has 0 radical (unpaired) electrons. The minimum absolute atomic E-state index is 0.128. The van der Waals surface area contributed by atoms with Crippen molar-refractivity contribution in [2.45, 2.75) is 6.92 Å². The number of hydrogen-bond donors (Lipinski definition) is 0. The van der Waals surface area contributed by atoms with Gasteiger partial charge in [-0.05, 0) is 19.1 Å². The Labute approximate surface area is 97.9 Å². The van der Waals surface area contributed by atoms with Crippen molar-refractivity contribution in [3.8, 4) is 17.0 Å². The molecule has 0 aliphatic heterocycles. The van der Waals surface area contributed by atoms with Gasteiger partial charge in [0.1, 0.15) is 5.75 Å². The zero-order chi connectivity index (χ0) is 12.4. The van der Waals surface area contributed by atoms with Gasteiger partial charge >= 0.3 is 0 Å². The molecule has 0 aliphatic carbocycles. The first-order valence-electron chi connectivity index (χ1n) is 5.08. The van der Waals surface area contributed by atoms with Gasteiger partial charge in [0.05, 0.1) is 12.8 Å². The van der Waals surface area contributed by atoms with E-state index in [1.807, 2.05) is 6.92 Å². The molecule has 0 amide bonds. The van der Waals surface area contributed by atoms with Crippen LogP contribution in [0.1, 0.15) is 5.56 Å². The Bertz CT molecular complexity index is 555. The molecule has 2 aromatic rings. The van der Waals surface area contributed by atoms with Gasteiger partial charge in [-0.3, -0.25) is 4.98 Å². The minimum Gasteiger partial charge on any atom is -0.496 e. The number of aryl methyl sites for hydroxylation is 1. The lowest BCUT2D eigenvalue weighted by Crippen LogP contribution is -1.94. The standard InChI is InChI=1S/C13H11F2NO/c1-8-7-16-11(6-12(8)17-2)9-4-3-5-10(14)13(9)15/h3-7H,1-2H3. The van der Waals surface area contributed by atoms with Gasteiger partial charge in [-0.2, -0.15) is 0 Å². The molecule has 4 heteroatoms. The highest BCUT2D eigenvalue weighted by Gasteiger charge is 2.12. The van der Waals surface area contributed by atoms with Crippen molar-refractivity contribution in [1.82, 2.24) is 4.98 Å². The summed E-state index contributed by atoms with van der Waals surface area (Å²) < 4.78 is 31.8. The molecule has 2 rings (SSSR count). The third-order valence-corrected chi connectivity index (χ3v) is 2.50. The van der Waals surface area contributed by atoms with E-state index in [2.05, 4.69) is 4.98 Å². The molecule has 0 atom stereocenters. The first kappa shape index (κ1) is 11.5. The molecule has 17 heavy (non-hydrogen) atoms. The van der Waals surface area contributed by atoms with Gasteiger partial charge in [-0.25, -0.2) is 8.78 Å². The van der Waals surface area contributed by atoms with Crippen LogP contribution in [0.15, 0.2) is 30.5 Å². The average Bonchev–Trinajstić information content (AvgIpc) is 2.34. The molecule has 0 saturated heterocycles. The fourth-order valence-electron chi connectivity index (χ4n) is 1.57. The molecule has 0 bridgehead atoms. The van der Waals surface area contributed by atoms with Crippen molar-refractivity contribution in [1.29, 1.82) is 0 Å². The Morgan fingerprint density at radius 3 is 2.71 bits per heavy atom. The van der Waals surface area contributed by atoms with Gasteiger partial charge in [-0.15, -0.1) is 0 Å². The van der Waals surface area contributed by atoms with Crippen molar-refractivity contribution in [3.63, 3.8) is 0 Å². The molecular weight excluding hydrogens is 224 g/mol. The average molecular weight is 235 g/mol. The summed E-state index contributed by atoms with van der Waals surface area (Å²) in [5.41, 5.74) is 1.32. The van der Waals surface area contributed by atoms with Crippen LogP contribution < -0.4 is 4.74 Å². The van der Waals surface area contributed by atoms with E-state index in [-0.39, 0.29) is 5.56 Å². The maximum Gasteiger partial charge on any atom is 0.168 e. The maximum absolute atomic E-state index is 13.6. The second-order valence-corrected chi connectivity index (χ2v) is 3.64. The third-order valence-electron chi connectivity index (χ3n) is 2.50. The van der Waals surface area contributed by atoms with Crippen LogP contribution in [0.3, 0.4) is 0 Å². The summed E-state index contributed by atoms with van der Waals surface area (Å²) in [6, 6.07) is 5.59. The highest BCUT2D eigenvalue weighted by atomic mass is 19.2. The van der Waals surface area contributed by atoms with Crippen LogP contribution in [-0.2, 0) is 0 Å². The largest absolute Gasteiger partial charge is 0.496 e. The van der Waals surface area contributed by atoms with Gasteiger partial charge in [0.15, 0.2) is 11.6 Å². The highest BCUT2D eigenvalue weighted by molar-refractivity contribution is 5.62. The number of methoxy groups -OCH3 is 1. The molecule has 0 fully saturated rings. The maximum atomic E-state index is 13.6. The summed E-state index contributed by atoms with van der Waals surface area (Å²) in [5, 5.41) is 0. The topological polar surface area (TPSA) is 22.1 Å². The molecule has 0 unspecified atom stereocenters. The number of rotatable bonds is 2. The van der Waals surface area contributed by atoms with E-state index in [9.17, 15) is 8.78 Å². The van der Waals surface area contributed by atoms with Crippen molar-refractivity contribution in [2.75, 3.05) is 7.11 Å².